The second-order valence-corrected chi connectivity index (χ2v) is 5.65. The van der Waals surface area contributed by atoms with Crippen LogP contribution < -0.4 is 5.32 Å². The van der Waals surface area contributed by atoms with Gasteiger partial charge in [-0.2, -0.15) is 0 Å². The summed E-state index contributed by atoms with van der Waals surface area (Å²) in [5.41, 5.74) is 2.52. The maximum Gasteiger partial charge on any atom is 0.196 e. The molecule has 0 amide bonds. The van der Waals surface area contributed by atoms with Crippen LogP contribution in [-0.2, 0) is 0 Å². The molecule has 0 bridgehead atoms. The first-order valence-electron chi connectivity index (χ1n) is 7.01. The second-order valence-electron chi connectivity index (χ2n) is 5.65. The molecule has 4 heteroatoms. The van der Waals surface area contributed by atoms with Crippen molar-refractivity contribution in [2.75, 3.05) is 5.32 Å². The van der Waals surface area contributed by atoms with Gasteiger partial charge in [-0.1, -0.05) is 29.8 Å². The monoisotopic (exact) mass is 291 g/mol. The molecular formula is C17H16F3N. The molecule has 0 aliphatic heterocycles. The van der Waals surface area contributed by atoms with Crippen molar-refractivity contribution in [3.05, 3.63) is 65.0 Å². The van der Waals surface area contributed by atoms with Crippen molar-refractivity contribution in [1.82, 2.24) is 0 Å². The quantitative estimate of drug-likeness (QED) is 0.803. The average molecular weight is 291 g/mol. The molecule has 0 saturated heterocycles. The zero-order valence-corrected chi connectivity index (χ0v) is 11.7. The molecule has 0 unspecified atom stereocenters. The fraction of sp³-hybridized carbons (Fsp3) is 0.294. The van der Waals surface area contributed by atoms with E-state index in [1.54, 1.807) is 0 Å². The third-order valence-electron chi connectivity index (χ3n) is 4.05. The SMILES string of the molecule is Cc1cccc(C2CC(Nc3ccc(F)c(F)c3F)C2)c1. The minimum absolute atomic E-state index is 0.0293. The fourth-order valence-electron chi connectivity index (χ4n) is 2.79. The van der Waals surface area contributed by atoms with Gasteiger partial charge in [0.2, 0.25) is 0 Å². The average Bonchev–Trinajstić information content (AvgIpc) is 2.42. The predicted octanol–water partition coefficient (Wildman–Crippen LogP) is 4.77. The van der Waals surface area contributed by atoms with Gasteiger partial charge in [-0.3, -0.25) is 0 Å². The number of nitrogens with one attached hydrogen (secondary N) is 1. The summed E-state index contributed by atoms with van der Waals surface area (Å²) in [6.45, 7) is 2.05. The lowest BCUT2D eigenvalue weighted by atomic mass is 9.75. The number of rotatable bonds is 3. The Labute approximate surface area is 121 Å². The third-order valence-corrected chi connectivity index (χ3v) is 4.05. The minimum Gasteiger partial charge on any atom is -0.380 e. The molecule has 2 aromatic rings. The van der Waals surface area contributed by atoms with Crippen LogP contribution in [-0.4, -0.2) is 6.04 Å². The summed E-state index contributed by atoms with van der Waals surface area (Å²) in [6.07, 6.45) is 1.73. The lowest BCUT2D eigenvalue weighted by Gasteiger charge is -2.37. The molecule has 0 spiro atoms. The lowest BCUT2D eigenvalue weighted by Crippen LogP contribution is -2.34. The normalized spacial score (nSPS) is 21.0. The molecule has 21 heavy (non-hydrogen) atoms. The van der Waals surface area contributed by atoms with Gasteiger partial charge in [0.15, 0.2) is 17.5 Å². The van der Waals surface area contributed by atoms with Crippen molar-refractivity contribution in [1.29, 1.82) is 0 Å². The predicted molar refractivity (Wildman–Crippen MR) is 76.9 cm³/mol. The smallest absolute Gasteiger partial charge is 0.196 e. The van der Waals surface area contributed by atoms with Crippen molar-refractivity contribution in [2.45, 2.75) is 31.7 Å². The molecule has 1 saturated carbocycles. The second kappa shape index (κ2) is 5.43. The van der Waals surface area contributed by atoms with Crippen LogP contribution in [0.25, 0.3) is 0 Å². The Morgan fingerprint density at radius 2 is 1.76 bits per heavy atom. The van der Waals surface area contributed by atoms with Crippen LogP contribution in [0, 0.1) is 24.4 Å². The number of benzene rings is 2. The minimum atomic E-state index is -1.42. The summed E-state index contributed by atoms with van der Waals surface area (Å²) < 4.78 is 39.6. The third kappa shape index (κ3) is 2.75. The van der Waals surface area contributed by atoms with Gasteiger partial charge in [0, 0.05) is 6.04 Å². The highest BCUT2D eigenvalue weighted by Gasteiger charge is 2.31. The van der Waals surface area contributed by atoms with E-state index < -0.39 is 17.5 Å². The van der Waals surface area contributed by atoms with Crippen LogP contribution in [0.5, 0.6) is 0 Å². The summed E-state index contributed by atoms with van der Waals surface area (Å²) in [4.78, 5) is 0. The molecule has 1 nitrogen and oxygen atoms in total. The lowest BCUT2D eigenvalue weighted by molar-refractivity contribution is 0.371. The van der Waals surface area contributed by atoms with Gasteiger partial charge < -0.3 is 5.32 Å². The van der Waals surface area contributed by atoms with Crippen LogP contribution in [0.2, 0.25) is 0 Å². The van der Waals surface area contributed by atoms with Crippen molar-refractivity contribution < 1.29 is 13.2 Å². The number of hydrogen-bond donors (Lipinski definition) is 1. The van der Waals surface area contributed by atoms with Crippen LogP contribution >= 0.6 is 0 Å². The molecule has 0 radical (unpaired) electrons. The highest BCUT2D eigenvalue weighted by atomic mass is 19.2. The highest BCUT2D eigenvalue weighted by molar-refractivity contribution is 5.47. The van der Waals surface area contributed by atoms with E-state index in [2.05, 4.69) is 30.4 Å². The molecule has 0 heterocycles. The van der Waals surface area contributed by atoms with E-state index in [0.717, 1.165) is 18.9 Å². The maximum absolute atomic E-state index is 13.6. The topological polar surface area (TPSA) is 12.0 Å². The van der Waals surface area contributed by atoms with Crippen molar-refractivity contribution >= 4 is 5.69 Å². The Balaban J connectivity index is 1.64. The molecule has 2 aromatic carbocycles. The first kappa shape index (κ1) is 14.0. The van der Waals surface area contributed by atoms with Gasteiger partial charge in [0.1, 0.15) is 0 Å². The zero-order chi connectivity index (χ0) is 15.0. The number of anilines is 1. The van der Waals surface area contributed by atoms with Crippen LogP contribution in [0.1, 0.15) is 29.9 Å². The van der Waals surface area contributed by atoms with Gasteiger partial charge in [0.25, 0.3) is 0 Å². The molecule has 0 atom stereocenters. The van der Waals surface area contributed by atoms with E-state index in [9.17, 15) is 13.2 Å². The number of halogens is 3. The first-order valence-corrected chi connectivity index (χ1v) is 7.01. The van der Waals surface area contributed by atoms with E-state index in [0.29, 0.717) is 5.92 Å². The summed E-state index contributed by atoms with van der Waals surface area (Å²) in [5, 5.41) is 2.95. The fourth-order valence-corrected chi connectivity index (χ4v) is 2.79. The Bertz CT molecular complexity index is 663. The van der Waals surface area contributed by atoms with E-state index in [1.165, 1.54) is 17.2 Å². The summed E-state index contributed by atoms with van der Waals surface area (Å²) in [5.74, 6) is -3.29. The van der Waals surface area contributed by atoms with Gasteiger partial charge in [-0.25, -0.2) is 13.2 Å². The standard InChI is InChI=1S/C17H16F3N/c1-10-3-2-4-11(7-10)12-8-13(9-12)21-15-6-5-14(18)16(19)17(15)20/h2-7,12-13,21H,8-9H2,1H3. The molecular weight excluding hydrogens is 275 g/mol. The molecule has 1 aliphatic carbocycles. The summed E-state index contributed by atoms with van der Waals surface area (Å²) in [7, 11) is 0. The maximum atomic E-state index is 13.6. The largest absolute Gasteiger partial charge is 0.380 e. The van der Waals surface area contributed by atoms with Crippen molar-refractivity contribution in [3.8, 4) is 0 Å². The van der Waals surface area contributed by atoms with E-state index in [4.69, 9.17) is 0 Å². The first-order chi connectivity index (χ1) is 10.0. The van der Waals surface area contributed by atoms with Crippen LogP contribution in [0.3, 0.4) is 0 Å². The van der Waals surface area contributed by atoms with Gasteiger partial charge in [-0.05, 0) is 43.4 Å². The Hall–Kier alpha value is -1.97. The Morgan fingerprint density at radius 1 is 1.00 bits per heavy atom. The Kier molecular flexibility index (Phi) is 3.62. The van der Waals surface area contributed by atoms with E-state index in [1.807, 2.05) is 6.07 Å². The molecule has 110 valence electrons. The summed E-state index contributed by atoms with van der Waals surface area (Å²) in [6, 6.07) is 10.6. The summed E-state index contributed by atoms with van der Waals surface area (Å²) >= 11 is 0. The number of aryl methyl sites for hydroxylation is 1. The highest BCUT2D eigenvalue weighted by Crippen LogP contribution is 2.39. The van der Waals surface area contributed by atoms with Crippen LogP contribution in [0.4, 0.5) is 18.9 Å². The molecule has 1 N–H and O–H groups in total. The zero-order valence-electron chi connectivity index (χ0n) is 11.7. The van der Waals surface area contributed by atoms with Gasteiger partial charge >= 0.3 is 0 Å². The molecule has 1 aliphatic rings. The molecule has 0 aromatic heterocycles. The van der Waals surface area contributed by atoms with Crippen molar-refractivity contribution in [3.63, 3.8) is 0 Å². The van der Waals surface area contributed by atoms with E-state index in [-0.39, 0.29) is 11.7 Å². The molecule has 3 rings (SSSR count). The Morgan fingerprint density at radius 3 is 2.48 bits per heavy atom. The van der Waals surface area contributed by atoms with Gasteiger partial charge in [0.05, 0.1) is 5.69 Å². The number of hydrogen-bond acceptors (Lipinski definition) is 1. The van der Waals surface area contributed by atoms with Crippen LogP contribution in [0.15, 0.2) is 36.4 Å². The van der Waals surface area contributed by atoms with Crippen molar-refractivity contribution in [2.24, 2.45) is 0 Å². The molecule has 1 fully saturated rings. The van der Waals surface area contributed by atoms with Gasteiger partial charge in [-0.15, -0.1) is 0 Å². The van der Waals surface area contributed by atoms with E-state index >= 15 is 0 Å².